The number of rotatable bonds is 1. The molecule has 1 atom stereocenters. The Balaban J connectivity index is 2.90. The number of amidine groups is 1. The average molecular weight is 167 g/mol. The van der Waals surface area contributed by atoms with Crippen molar-refractivity contribution in [3.63, 3.8) is 0 Å². The number of allylic oxidation sites excluding steroid dienone is 1. The van der Waals surface area contributed by atoms with E-state index >= 15 is 0 Å². The monoisotopic (exact) mass is 167 g/mol. The number of nitrogens with one attached hydrogen (secondary N) is 1. The van der Waals surface area contributed by atoms with Gasteiger partial charge in [0.05, 0.1) is 12.5 Å². The lowest BCUT2D eigenvalue weighted by Crippen LogP contribution is -2.23. The van der Waals surface area contributed by atoms with Crippen molar-refractivity contribution in [2.45, 2.75) is 20.0 Å². The highest BCUT2D eigenvalue weighted by Crippen LogP contribution is 2.06. The van der Waals surface area contributed by atoms with E-state index in [1.807, 2.05) is 0 Å². The molecule has 0 fully saturated rings. The molecule has 0 aliphatic carbocycles. The van der Waals surface area contributed by atoms with Gasteiger partial charge in [-0.2, -0.15) is 0 Å². The molecule has 0 saturated carbocycles. The fourth-order valence-electron chi connectivity index (χ4n) is 0.878. The van der Waals surface area contributed by atoms with Crippen LogP contribution in [0.25, 0.3) is 0 Å². The number of hydrogen-bond acceptors (Lipinski definition) is 4. The van der Waals surface area contributed by atoms with Gasteiger partial charge in [-0.05, 0) is 13.8 Å². The van der Waals surface area contributed by atoms with Crippen molar-refractivity contribution in [2.75, 3.05) is 0 Å². The molecule has 5 nitrogen and oxygen atoms in total. The largest absolute Gasteiger partial charge is 0.400 e. The van der Waals surface area contributed by atoms with E-state index in [2.05, 4.69) is 15.3 Å². The first-order valence-corrected chi connectivity index (χ1v) is 3.70. The van der Waals surface area contributed by atoms with Crippen LogP contribution >= 0.6 is 0 Å². The second-order valence-electron chi connectivity index (χ2n) is 2.65. The Kier molecular flexibility index (Phi) is 2.44. The van der Waals surface area contributed by atoms with Crippen LogP contribution in [-0.2, 0) is 0 Å². The minimum Gasteiger partial charge on any atom is -0.400 e. The average Bonchev–Trinajstić information content (AvgIpc) is 2.33. The fourth-order valence-corrected chi connectivity index (χ4v) is 0.878. The van der Waals surface area contributed by atoms with E-state index < -0.39 is 0 Å². The molecule has 0 spiro atoms. The summed E-state index contributed by atoms with van der Waals surface area (Å²) < 4.78 is 0. The van der Waals surface area contributed by atoms with Gasteiger partial charge in [0.2, 0.25) is 0 Å². The SMILES string of the molecule is C/C(N)=C1/N=CN/C1=N/C(C)N. The summed E-state index contributed by atoms with van der Waals surface area (Å²) in [4.78, 5) is 8.10. The molecule has 0 bridgehead atoms. The summed E-state index contributed by atoms with van der Waals surface area (Å²) in [7, 11) is 0. The van der Waals surface area contributed by atoms with Gasteiger partial charge >= 0.3 is 0 Å². The Morgan fingerprint density at radius 3 is 2.92 bits per heavy atom. The summed E-state index contributed by atoms with van der Waals surface area (Å²) in [5, 5.41) is 2.86. The van der Waals surface area contributed by atoms with Crippen molar-refractivity contribution in [3.8, 4) is 0 Å². The van der Waals surface area contributed by atoms with Gasteiger partial charge in [-0.15, -0.1) is 0 Å². The minimum atomic E-state index is -0.247. The molecule has 0 aromatic rings. The summed E-state index contributed by atoms with van der Waals surface area (Å²) in [6.45, 7) is 3.56. The van der Waals surface area contributed by atoms with E-state index in [0.29, 0.717) is 17.2 Å². The standard InChI is InChI=1S/C7H13N5/c1-4(8)6-7(11-3-10-6)12-5(2)9/h3,5H,8-9H2,1-2H3,(H,10,11,12)/b6-4-. The molecule has 66 valence electrons. The van der Waals surface area contributed by atoms with Crippen LogP contribution in [0.5, 0.6) is 0 Å². The van der Waals surface area contributed by atoms with Gasteiger partial charge in [-0.25, -0.2) is 9.98 Å². The Morgan fingerprint density at radius 2 is 2.42 bits per heavy atom. The van der Waals surface area contributed by atoms with Gasteiger partial charge in [0, 0.05) is 5.70 Å². The first kappa shape index (κ1) is 8.73. The molecule has 1 aliphatic rings. The van der Waals surface area contributed by atoms with Crippen molar-refractivity contribution in [3.05, 3.63) is 11.4 Å². The van der Waals surface area contributed by atoms with Crippen LogP contribution < -0.4 is 16.8 Å². The van der Waals surface area contributed by atoms with Gasteiger partial charge in [-0.1, -0.05) is 0 Å². The van der Waals surface area contributed by atoms with E-state index in [-0.39, 0.29) is 6.17 Å². The molecule has 0 aromatic heterocycles. The van der Waals surface area contributed by atoms with Gasteiger partial charge < -0.3 is 16.8 Å². The summed E-state index contributed by atoms with van der Waals surface area (Å²) in [6.07, 6.45) is 1.30. The third kappa shape index (κ3) is 1.82. The highest BCUT2D eigenvalue weighted by atomic mass is 15.1. The maximum absolute atomic E-state index is 5.57. The molecule has 0 radical (unpaired) electrons. The number of hydrogen-bond donors (Lipinski definition) is 3. The van der Waals surface area contributed by atoms with E-state index in [0.717, 1.165) is 0 Å². The quantitative estimate of drug-likeness (QED) is 0.492. The van der Waals surface area contributed by atoms with Crippen molar-refractivity contribution in [1.29, 1.82) is 0 Å². The predicted molar refractivity (Wildman–Crippen MR) is 49.6 cm³/mol. The molecule has 1 heterocycles. The van der Waals surface area contributed by atoms with Crippen molar-refractivity contribution < 1.29 is 0 Å². The van der Waals surface area contributed by atoms with Gasteiger partial charge in [-0.3, -0.25) is 0 Å². The fraction of sp³-hybridized carbons (Fsp3) is 0.429. The molecule has 1 aliphatic heterocycles. The van der Waals surface area contributed by atoms with Crippen molar-refractivity contribution in [1.82, 2.24) is 5.32 Å². The second-order valence-corrected chi connectivity index (χ2v) is 2.65. The summed E-state index contributed by atoms with van der Waals surface area (Å²) in [5.74, 6) is 0.644. The number of nitrogens with zero attached hydrogens (tertiary/aromatic N) is 2. The first-order valence-electron chi connectivity index (χ1n) is 3.70. The first-order chi connectivity index (χ1) is 5.61. The molecule has 12 heavy (non-hydrogen) atoms. The van der Waals surface area contributed by atoms with Crippen LogP contribution in [-0.4, -0.2) is 18.3 Å². The van der Waals surface area contributed by atoms with Crippen LogP contribution in [0.4, 0.5) is 0 Å². The molecular formula is C7H13N5. The van der Waals surface area contributed by atoms with Gasteiger partial charge in [0.15, 0.2) is 5.84 Å². The molecule has 1 rings (SSSR count). The zero-order valence-corrected chi connectivity index (χ0v) is 7.20. The highest BCUT2D eigenvalue weighted by molar-refractivity contribution is 6.09. The van der Waals surface area contributed by atoms with Crippen LogP contribution in [0, 0.1) is 0 Å². The zero-order valence-electron chi connectivity index (χ0n) is 7.20. The van der Waals surface area contributed by atoms with E-state index in [1.165, 1.54) is 0 Å². The smallest absolute Gasteiger partial charge is 0.155 e. The Morgan fingerprint density at radius 1 is 1.75 bits per heavy atom. The molecule has 1 unspecified atom stereocenters. The number of aliphatic imine (C=N–C) groups is 2. The minimum absolute atomic E-state index is 0.247. The summed E-state index contributed by atoms with van der Waals surface area (Å²) >= 11 is 0. The lowest BCUT2D eigenvalue weighted by Gasteiger charge is -2.03. The topological polar surface area (TPSA) is 88.8 Å². The normalized spacial score (nSPS) is 25.8. The maximum atomic E-state index is 5.57. The molecule has 0 saturated heterocycles. The second kappa shape index (κ2) is 3.36. The number of nitrogens with two attached hydrogens (primary N) is 2. The third-order valence-corrected chi connectivity index (χ3v) is 1.33. The maximum Gasteiger partial charge on any atom is 0.155 e. The third-order valence-electron chi connectivity index (χ3n) is 1.33. The lowest BCUT2D eigenvalue weighted by molar-refractivity contribution is 0.789. The Labute approximate surface area is 71.3 Å². The van der Waals surface area contributed by atoms with E-state index in [9.17, 15) is 0 Å². The molecule has 0 amide bonds. The van der Waals surface area contributed by atoms with E-state index in [4.69, 9.17) is 11.5 Å². The van der Waals surface area contributed by atoms with Crippen LogP contribution in [0.2, 0.25) is 0 Å². The van der Waals surface area contributed by atoms with Gasteiger partial charge in [0.25, 0.3) is 0 Å². The van der Waals surface area contributed by atoms with E-state index in [1.54, 1.807) is 20.2 Å². The van der Waals surface area contributed by atoms with Crippen LogP contribution in [0.1, 0.15) is 13.8 Å². The molecular weight excluding hydrogens is 154 g/mol. The van der Waals surface area contributed by atoms with Crippen molar-refractivity contribution >= 4 is 12.2 Å². The molecule has 0 aromatic carbocycles. The van der Waals surface area contributed by atoms with Crippen LogP contribution in [0.15, 0.2) is 21.4 Å². The van der Waals surface area contributed by atoms with Crippen molar-refractivity contribution in [2.24, 2.45) is 21.5 Å². The zero-order chi connectivity index (χ0) is 9.14. The predicted octanol–water partition coefficient (Wildman–Crippen LogP) is -0.489. The summed E-state index contributed by atoms with van der Waals surface area (Å²) in [5.41, 5.74) is 12.4. The Bertz CT molecular complexity index is 257. The highest BCUT2D eigenvalue weighted by Gasteiger charge is 2.12. The van der Waals surface area contributed by atoms with Crippen LogP contribution in [0.3, 0.4) is 0 Å². The summed E-state index contributed by atoms with van der Waals surface area (Å²) in [6, 6.07) is 0. The van der Waals surface area contributed by atoms with Gasteiger partial charge in [0.1, 0.15) is 5.70 Å². The lowest BCUT2D eigenvalue weighted by atomic mass is 10.3. The molecule has 5 heteroatoms. The molecule has 5 N–H and O–H groups in total. The Hall–Kier alpha value is -1.36.